The minimum atomic E-state index is -4.04. The molecule has 0 saturated carbocycles. The van der Waals surface area contributed by atoms with Crippen molar-refractivity contribution in [3.05, 3.63) is 42.0 Å². The first kappa shape index (κ1) is 16.8. The number of aliphatic hydroxyl groups excluding tert-OH is 1. The molecule has 0 saturated heterocycles. The van der Waals surface area contributed by atoms with Gasteiger partial charge in [0.2, 0.25) is 0 Å². The van der Waals surface area contributed by atoms with Crippen molar-refractivity contribution >= 4 is 15.7 Å². The van der Waals surface area contributed by atoms with Crippen LogP contribution >= 0.6 is 0 Å². The summed E-state index contributed by atoms with van der Waals surface area (Å²) in [5.41, 5.74) is 2.84. The van der Waals surface area contributed by atoms with E-state index in [-0.39, 0.29) is 6.54 Å². The molecule has 0 radical (unpaired) electrons. The number of benzene rings is 1. The average Bonchev–Trinajstić information content (AvgIpc) is 2.33. The normalized spacial score (nSPS) is 13.4. The van der Waals surface area contributed by atoms with Gasteiger partial charge in [0.15, 0.2) is 0 Å². The maximum Gasteiger partial charge on any atom is 0.266 e. The largest absolute Gasteiger partial charge is 0.379 e. The highest BCUT2D eigenvalue weighted by Crippen LogP contribution is 2.19. The van der Waals surface area contributed by atoms with E-state index in [0.29, 0.717) is 6.54 Å². The van der Waals surface area contributed by atoms with Gasteiger partial charge in [0.05, 0.1) is 5.75 Å². The fourth-order valence-corrected chi connectivity index (χ4v) is 2.39. The zero-order valence-corrected chi connectivity index (χ0v) is 12.6. The standard InChI is InChI=1S/C14H21NO4S/c1-11(2)14-7-5-4-6-13(14)10-15(12(3)16)8-9-20(17,18)19/h4-7,12,16H,1,8-10H2,2-3H3,(H,17,18,19). The van der Waals surface area contributed by atoms with Crippen LogP contribution < -0.4 is 0 Å². The number of allylic oxidation sites excluding steroid dienone is 1. The van der Waals surface area contributed by atoms with Crippen LogP contribution in [0, 0.1) is 0 Å². The molecule has 112 valence electrons. The smallest absolute Gasteiger partial charge is 0.266 e. The molecule has 6 heteroatoms. The van der Waals surface area contributed by atoms with E-state index in [2.05, 4.69) is 6.58 Å². The highest BCUT2D eigenvalue weighted by molar-refractivity contribution is 7.85. The first-order valence-corrected chi connectivity index (χ1v) is 7.92. The average molecular weight is 299 g/mol. The van der Waals surface area contributed by atoms with Crippen molar-refractivity contribution in [3.8, 4) is 0 Å². The number of hydrogen-bond acceptors (Lipinski definition) is 4. The maximum atomic E-state index is 10.8. The lowest BCUT2D eigenvalue weighted by Gasteiger charge is -2.26. The molecule has 0 aliphatic rings. The quantitative estimate of drug-likeness (QED) is 0.592. The van der Waals surface area contributed by atoms with Crippen LogP contribution in [0.15, 0.2) is 30.8 Å². The van der Waals surface area contributed by atoms with Gasteiger partial charge in [0, 0.05) is 13.1 Å². The molecule has 0 spiro atoms. The van der Waals surface area contributed by atoms with E-state index in [9.17, 15) is 13.5 Å². The van der Waals surface area contributed by atoms with E-state index in [0.717, 1.165) is 16.7 Å². The Bertz CT molecular complexity index is 566. The third-order valence-electron chi connectivity index (χ3n) is 3.02. The monoisotopic (exact) mass is 299 g/mol. The van der Waals surface area contributed by atoms with Gasteiger partial charge in [-0.3, -0.25) is 9.45 Å². The SMILES string of the molecule is C=C(C)c1ccccc1CN(CCS(=O)(=O)O)C(C)O. The summed E-state index contributed by atoms with van der Waals surface area (Å²) in [7, 11) is -4.04. The van der Waals surface area contributed by atoms with Crippen LogP contribution in [0.5, 0.6) is 0 Å². The lowest BCUT2D eigenvalue weighted by molar-refractivity contribution is 0.0169. The molecule has 5 nitrogen and oxygen atoms in total. The van der Waals surface area contributed by atoms with Gasteiger partial charge < -0.3 is 5.11 Å². The van der Waals surface area contributed by atoms with Crippen molar-refractivity contribution in [2.24, 2.45) is 0 Å². The Morgan fingerprint density at radius 3 is 2.50 bits per heavy atom. The van der Waals surface area contributed by atoms with Gasteiger partial charge in [-0.15, -0.1) is 0 Å². The summed E-state index contributed by atoms with van der Waals surface area (Å²) >= 11 is 0. The van der Waals surface area contributed by atoms with Gasteiger partial charge in [-0.1, -0.05) is 36.4 Å². The molecule has 0 bridgehead atoms. The molecular weight excluding hydrogens is 278 g/mol. The van der Waals surface area contributed by atoms with Crippen LogP contribution in [0.25, 0.3) is 5.57 Å². The van der Waals surface area contributed by atoms with Crippen molar-refractivity contribution in [1.29, 1.82) is 0 Å². The van der Waals surface area contributed by atoms with E-state index in [1.165, 1.54) is 0 Å². The van der Waals surface area contributed by atoms with E-state index in [4.69, 9.17) is 4.55 Å². The van der Waals surface area contributed by atoms with E-state index in [1.807, 2.05) is 31.2 Å². The lowest BCUT2D eigenvalue weighted by Crippen LogP contribution is -2.36. The zero-order chi connectivity index (χ0) is 15.3. The van der Waals surface area contributed by atoms with E-state index < -0.39 is 22.1 Å². The predicted molar refractivity (Wildman–Crippen MR) is 79.7 cm³/mol. The lowest BCUT2D eigenvalue weighted by atomic mass is 10.0. The summed E-state index contributed by atoms with van der Waals surface area (Å²) in [6.07, 6.45) is -0.810. The summed E-state index contributed by atoms with van der Waals surface area (Å²) in [5.74, 6) is -0.410. The second kappa shape index (κ2) is 6.99. The number of aliphatic hydroxyl groups is 1. The van der Waals surface area contributed by atoms with Crippen molar-refractivity contribution in [3.63, 3.8) is 0 Å². The van der Waals surface area contributed by atoms with Gasteiger partial charge in [0.25, 0.3) is 10.1 Å². The van der Waals surface area contributed by atoms with Crippen molar-refractivity contribution < 1.29 is 18.1 Å². The number of nitrogens with zero attached hydrogens (tertiary/aromatic N) is 1. The molecule has 0 amide bonds. The minimum absolute atomic E-state index is 0.0566. The second-order valence-electron chi connectivity index (χ2n) is 4.83. The van der Waals surface area contributed by atoms with Crippen LogP contribution in [0.3, 0.4) is 0 Å². The Kier molecular flexibility index (Phi) is 5.88. The number of rotatable bonds is 7. The fourth-order valence-electron chi connectivity index (χ4n) is 1.92. The van der Waals surface area contributed by atoms with Gasteiger partial charge >= 0.3 is 0 Å². The predicted octanol–water partition coefficient (Wildman–Crippen LogP) is 1.75. The molecule has 1 unspecified atom stereocenters. The van der Waals surface area contributed by atoms with Crippen molar-refractivity contribution in [1.82, 2.24) is 4.90 Å². The van der Waals surface area contributed by atoms with Gasteiger partial charge in [-0.25, -0.2) is 0 Å². The highest BCUT2D eigenvalue weighted by Gasteiger charge is 2.16. The maximum absolute atomic E-state index is 10.8. The summed E-state index contributed by atoms with van der Waals surface area (Å²) in [4.78, 5) is 1.58. The van der Waals surface area contributed by atoms with Gasteiger partial charge in [-0.2, -0.15) is 8.42 Å². The Labute approximate surface area is 120 Å². The van der Waals surface area contributed by atoms with Crippen LogP contribution in [-0.2, 0) is 16.7 Å². The van der Waals surface area contributed by atoms with E-state index in [1.54, 1.807) is 11.8 Å². The van der Waals surface area contributed by atoms with Crippen LogP contribution in [0.1, 0.15) is 25.0 Å². The molecule has 1 rings (SSSR count). The summed E-state index contributed by atoms with van der Waals surface area (Å²) < 4.78 is 30.4. The van der Waals surface area contributed by atoms with Crippen LogP contribution in [-0.4, -0.2) is 41.5 Å². The molecule has 0 fully saturated rings. The van der Waals surface area contributed by atoms with E-state index >= 15 is 0 Å². The number of hydrogen-bond donors (Lipinski definition) is 2. The first-order valence-electron chi connectivity index (χ1n) is 6.32. The molecule has 1 aromatic rings. The van der Waals surface area contributed by atoms with Crippen LogP contribution in [0.2, 0.25) is 0 Å². The topological polar surface area (TPSA) is 77.8 Å². The Balaban J connectivity index is 2.89. The fraction of sp³-hybridized carbons (Fsp3) is 0.429. The second-order valence-corrected chi connectivity index (χ2v) is 6.40. The molecule has 1 aromatic carbocycles. The first-order chi connectivity index (χ1) is 9.20. The summed E-state index contributed by atoms with van der Waals surface area (Å²) in [5, 5.41) is 9.73. The molecule has 0 heterocycles. The Morgan fingerprint density at radius 1 is 1.40 bits per heavy atom. The summed E-state index contributed by atoms with van der Waals surface area (Å²) in [6.45, 7) is 7.80. The Hall–Kier alpha value is -1.21. The Morgan fingerprint density at radius 2 is 2.00 bits per heavy atom. The van der Waals surface area contributed by atoms with Crippen LogP contribution in [0.4, 0.5) is 0 Å². The van der Waals surface area contributed by atoms with Crippen molar-refractivity contribution in [2.45, 2.75) is 26.6 Å². The molecule has 1 atom stereocenters. The third kappa shape index (κ3) is 5.42. The molecule has 20 heavy (non-hydrogen) atoms. The van der Waals surface area contributed by atoms with Gasteiger partial charge in [0.1, 0.15) is 6.23 Å². The summed E-state index contributed by atoms with van der Waals surface area (Å²) in [6, 6.07) is 7.62. The third-order valence-corrected chi connectivity index (χ3v) is 3.71. The highest BCUT2D eigenvalue weighted by atomic mass is 32.2. The molecule has 0 aromatic heterocycles. The molecular formula is C14H21NO4S. The van der Waals surface area contributed by atoms with Gasteiger partial charge in [-0.05, 0) is 25.0 Å². The molecule has 0 aliphatic heterocycles. The van der Waals surface area contributed by atoms with Crippen molar-refractivity contribution in [2.75, 3.05) is 12.3 Å². The zero-order valence-electron chi connectivity index (χ0n) is 11.8. The molecule has 0 aliphatic carbocycles. The minimum Gasteiger partial charge on any atom is -0.379 e. The molecule has 2 N–H and O–H groups in total.